The van der Waals surface area contributed by atoms with Gasteiger partial charge in [0.2, 0.25) is 5.91 Å². The van der Waals surface area contributed by atoms with E-state index in [1.54, 1.807) is 6.20 Å². The molecule has 0 fully saturated rings. The summed E-state index contributed by atoms with van der Waals surface area (Å²) in [5, 5.41) is 16.4. The number of nitrogens with zero attached hydrogens (tertiary/aromatic N) is 2. The van der Waals surface area contributed by atoms with Crippen LogP contribution in [0.5, 0.6) is 0 Å². The van der Waals surface area contributed by atoms with E-state index in [9.17, 15) is 4.79 Å². The Bertz CT molecular complexity index is 458. The van der Waals surface area contributed by atoms with Crippen molar-refractivity contribution in [2.75, 3.05) is 6.61 Å². The number of carbonyl (C=O) groups excluding carboxylic acids is 1. The largest absolute Gasteiger partial charge is 0.394 e. The highest BCUT2D eigenvalue weighted by molar-refractivity contribution is 5.81. The first-order valence-electron chi connectivity index (χ1n) is 7.38. The van der Waals surface area contributed by atoms with Crippen molar-refractivity contribution in [2.24, 2.45) is 5.73 Å². The van der Waals surface area contributed by atoms with Gasteiger partial charge in [0.05, 0.1) is 31.4 Å². The van der Waals surface area contributed by atoms with Gasteiger partial charge in [0, 0.05) is 11.3 Å². The van der Waals surface area contributed by atoms with Crippen molar-refractivity contribution < 1.29 is 9.90 Å². The minimum Gasteiger partial charge on any atom is -0.394 e. The molecule has 1 aliphatic rings. The van der Waals surface area contributed by atoms with Gasteiger partial charge in [-0.15, -0.1) is 0 Å². The number of aliphatic hydroxyl groups is 1. The maximum Gasteiger partial charge on any atom is 0.237 e. The van der Waals surface area contributed by atoms with E-state index in [4.69, 9.17) is 10.8 Å². The van der Waals surface area contributed by atoms with E-state index in [-0.39, 0.29) is 18.6 Å². The molecule has 6 nitrogen and oxygen atoms in total. The van der Waals surface area contributed by atoms with Gasteiger partial charge < -0.3 is 16.2 Å². The maximum atomic E-state index is 12.0. The minimum atomic E-state index is -0.433. The molecule has 0 aromatic carbocycles. The summed E-state index contributed by atoms with van der Waals surface area (Å²) in [4.78, 5) is 12.0. The molecule has 1 aromatic rings. The van der Waals surface area contributed by atoms with Gasteiger partial charge in [-0.1, -0.05) is 13.3 Å². The fraction of sp³-hybridized carbons (Fsp3) is 0.714. The number of carbonyl (C=O) groups is 1. The first kappa shape index (κ1) is 15.0. The molecule has 0 saturated carbocycles. The average Bonchev–Trinajstić information content (AvgIpc) is 2.84. The highest BCUT2D eigenvalue weighted by atomic mass is 16.3. The molecule has 1 heterocycles. The van der Waals surface area contributed by atoms with Crippen molar-refractivity contribution in [2.45, 2.75) is 57.7 Å². The molecule has 20 heavy (non-hydrogen) atoms. The topological polar surface area (TPSA) is 93.2 Å². The fourth-order valence-corrected chi connectivity index (χ4v) is 2.78. The van der Waals surface area contributed by atoms with E-state index >= 15 is 0 Å². The zero-order valence-corrected chi connectivity index (χ0v) is 12.0. The summed E-state index contributed by atoms with van der Waals surface area (Å²) in [5.41, 5.74) is 8.05. The second-order valence-electron chi connectivity index (χ2n) is 5.34. The van der Waals surface area contributed by atoms with Gasteiger partial charge in [0.1, 0.15) is 0 Å². The third kappa shape index (κ3) is 3.19. The summed E-state index contributed by atoms with van der Waals surface area (Å²) in [6.45, 7) is 2.60. The lowest BCUT2D eigenvalue weighted by Gasteiger charge is -2.25. The molecule has 2 rings (SSSR count). The van der Waals surface area contributed by atoms with E-state index in [0.717, 1.165) is 36.9 Å². The predicted molar refractivity (Wildman–Crippen MR) is 76.0 cm³/mol. The van der Waals surface area contributed by atoms with Crippen molar-refractivity contribution in [3.05, 3.63) is 17.5 Å². The lowest BCUT2D eigenvalue weighted by Crippen LogP contribution is -2.42. The number of hydrogen-bond donors (Lipinski definition) is 3. The van der Waals surface area contributed by atoms with Gasteiger partial charge >= 0.3 is 0 Å². The number of aromatic nitrogens is 2. The Hall–Kier alpha value is -1.40. The molecule has 2 atom stereocenters. The third-order valence-electron chi connectivity index (χ3n) is 3.83. The quantitative estimate of drug-likeness (QED) is 0.707. The number of rotatable bonds is 6. The zero-order valence-electron chi connectivity index (χ0n) is 12.0. The Morgan fingerprint density at radius 1 is 1.70 bits per heavy atom. The van der Waals surface area contributed by atoms with Crippen LogP contribution in [-0.2, 0) is 17.8 Å². The summed E-state index contributed by atoms with van der Waals surface area (Å²) in [7, 11) is 0. The van der Waals surface area contributed by atoms with Gasteiger partial charge in [-0.2, -0.15) is 5.10 Å². The van der Waals surface area contributed by atoms with Gasteiger partial charge in [0.15, 0.2) is 0 Å². The molecule has 4 N–H and O–H groups in total. The lowest BCUT2D eigenvalue weighted by molar-refractivity contribution is -0.123. The number of hydrogen-bond acceptors (Lipinski definition) is 4. The second kappa shape index (κ2) is 6.85. The summed E-state index contributed by atoms with van der Waals surface area (Å²) in [6.07, 6.45) is 6.29. The first-order valence-corrected chi connectivity index (χ1v) is 7.38. The molecular weight excluding hydrogens is 256 g/mol. The molecule has 0 aliphatic heterocycles. The van der Waals surface area contributed by atoms with Gasteiger partial charge in [-0.3, -0.25) is 9.48 Å². The van der Waals surface area contributed by atoms with Gasteiger partial charge in [0.25, 0.3) is 0 Å². The number of aliphatic hydroxyl groups excluding tert-OH is 1. The molecule has 0 bridgehead atoms. The van der Waals surface area contributed by atoms with Crippen molar-refractivity contribution in [1.29, 1.82) is 0 Å². The second-order valence-corrected chi connectivity index (χ2v) is 5.34. The Balaban J connectivity index is 2.07. The Kier molecular flexibility index (Phi) is 5.14. The van der Waals surface area contributed by atoms with Crippen molar-refractivity contribution in [1.82, 2.24) is 15.1 Å². The SMILES string of the molecule is CCCC(N)C(=O)NC1CCCc2c1cnn2CCO. The van der Waals surface area contributed by atoms with Crippen LogP contribution in [0.3, 0.4) is 0 Å². The number of amides is 1. The molecule has 1 amide bonds. The summed E-state index contributed by atoms with van der Waals surface area (Å²) in [6, 6.07) is -0.431. The minimum absolute atomic E-state index is 0.00148. The Labute approximate surface area is 119 Å². The molecule has 6 heteroatoms. The average molecular weight is 280 g/mol. The molecule has 0 spiro atoms. The summed E-state index contributed by atoms with van der Waals surface area (Å²) in [5.74, 6) is -0.0837. The first-order chi connectivity index (χ1) is 9.67. The van der Waals surface area contributed by atoms with E-state index in [1.807, 2.05) is 11.6 Å². The molecule has 0 saturated heterocycles. The highest BCUT2D eigenvalue weighted by Crippen LogP contribution is 2.29. The Morgan fingerprint density at radius 3 is 3.20 bits per heavy atom. The zero-order chi connectivity index (χ0) is 14.5. The van der Waals surface area contributed by atoms with Crippen LogP contribution in [0.25, 0.3) is 0 Å². The van der Waals surface area contributed by atoms with E-state index in [2.05, 4.69) is 10.4 Å². The van der Waals surface area contributed by atoms with Crippen molar-refractivity contribution in [3.63, 3.8) is 0 Å². The van der Waals surface area contributed by atoms with Gasteiger partial charge in [-0.25, -0.2) is 0 Å². The van der Waals surface area contributed by atoms with Crippen molar-refractivity contribution >= 4 is 5.91 Å². The van der Waals surface area contributed by atoms with Crippen LogP contribution in [-0.4, -0.2) is 33.4 Å². The molecule has 1 aromatic heterocycles. The summed E-state index contributed by atoms with van der Waals surface area (Å²) < 4.78 is 1.83. The number of nitrogens with two attached hydrogens (primary N) is 1. The van der Waals surface area contributed by atoms with E-state index < -0.39 is 6.04 Å². The van der Waals surface area contributed by atoms with Crippen LogP contribution in [0.2, 0.25) is 0 Å². The van der Waals surface area contributed by atoms with E-state index in [0.29, 0.717) is 13.0 Å². The third-order valence-corrected chi connectivity index (χ3v) is 3.83. The molecule has 0 radical (unpaired) electrons. The van der Waals surface area contributed by atoms with Gasteiger partial charge in [-0.05, 0) is 25.7 Å². The van der Waals surface area contributed by atoms with Crippen LogP contribution in [0, 0.1) is 0 Å². The fourth-order valence-electron chi connectivity index (χ4n) is 2.78. The standard InChI is InChI=1S/C14H24N4O2/c1-2-4-11(15)14(20)17-12-5-3-6-13-10(12)9-16-18(13)7-8-19/h9,11-12,19H,2-8,15H2,1H3,(H,17,20). The molecule has 112 valence electrons. The van der Waals surface area contributed by atoms with Crippen LogP contribution >= 0.6 is 0 Å². The monoisotopic (exact) mass is 280 g/mol. The number of nitrogens with one attached hydrogen (secondary N) is 1. The number of fused-ring (bicyclic) bond motifs is 1. The normalized spacial score (nSPS) is 19.4. The predicted octanol–water partition coefficient (Wildman–Crippen LogP) is 0.496. The molecular formula is C14H24N4O2. The van der Waals surface area contributed by atoms with Crippen molar-refractivity contribution in [3.8, 4) is 0 Å². The Morgan fingerprint density at radius 2 is 2.50 bits per heavy atom. The van der Waals surface area contributed by atoms with Crippen LogP contribution in [0.15, 0.2) is 6.20 Å². The van der Waals surface area contributed by atoms with Crippen LogP contribution in [0.4, 0.5) is 0 Å². The highest BCUT2D eigenvalue weighted by Gasteiger charge is 2.26. The van der Waals surface area contributed by atoms with E-state index in [1.165, 1.54) is 0 Å². The smallest absolute Gasteiger partial charge is 0.237 e. The summed E-state index contributed by atoms with van der Waals surface area (Å²) >= 11 is 0. The maximum absolute atomic E-state index is 12.0. The van der Waals surface area contributed by atoms with Crippen LogP contribution < -0.4 is 11.1 Å². The van der Waals surface area contributed by atoms with Crippen LogP contribution in [0.1, 0.15) is 49.9 Å². The molecule has 2 unspecified atom stereocenters. The molecule has 1 aliphatic carbocycles. The lowest BCUT2D eigenvalue weighted by atomic mass is 9.92.